The SMILES string of the molecule is COc1ccc(NC(=O)COC(=O)/C=C/c2ccc(OC)c(OC)c2)cc1. The molecule has 0 aliphatic heterocycles. The lowest BCUT2D eigenvalue weighted by Gasteiger charge is -2.07. The first-order valence-electron chi connectivity index (χ1n) is 8.06. The van der Waals surface area contributed by atoms with E-state index >= 15 is 0 Å². The second kappa shape index (κ2) is 9.86. The van der Waals surface area contributed by atoms with Crippen molar-refractivity contribution in [2.75, 3.05) is 33.3 Å². The molecule has 2 aromatic rings. The standard InChI is InChI=1S/C20H21NO6/c1-24-16-8-6-15(7-9-16)21-19(22)13-27-20(23)11-5-14-4-10-17(25-2)18(12-14)26-3/h4-12H,13H2,1-3H3,(H,21,22)/b11-5+. The van der Waals surface area contributed by atoms with Gasteiger partial charge < -0.3 is 24.3 Å². The van der Waals surface area contributed by atoms with Gasteiger partial charge in [-0.3, -0.25) is 4.79 Å². The van der Waals surface area contributed by atoms with Gasteiger partial charge in [0.2, 0.25) is 0 Å². The summed E-state index contributed by atoms with van der Waals surface area (Å²) in [5.74, 6) is 0.752. The molecule has 1 N–H and O–H groups in total. The largest absolute Gasteiger partial charge is 0.497 e. The number of amides is 1. The predicted octanol–water partition coefficient (Wildman–Crippen LogP) is 2.91. The summed E-state index contributed by atoms with van der Waals surface area (Å²) >= 11 is 0. The van der Waals surface area contributed by atoms with E-state index < -0.39 is 11.9 Å². The molecular weight excluding hydrogens is 350 g/mol. The maximum Gasteiger partial charge on any atom is 0.331 e. The second-order valence-corrected chi connectivity index (χ2v) is 5.33. The van der Waals surface area contributed by atoms with E-state index in [1.54, 1.807) is 62.8 Å². The van der Waals surface area contributed by atoms with Crippen LogP contribution < -0.4 is 19.5 Å². The molecule has 2 rings (SSSR count). The van der Waals surface area contributed by atoms with Gasteiger partial charge in [0.05, 0.1) is 21.3 Å². The third-order valence-electron chi connectivity index (χ3n) is 3.54. The van der Waals surface area contributed by atoms with Crippen molar-refractivity contribution in [3.8, 4) is 17.2 Å². The van der Waals surface area contributed by atoms with E-state index in [9.17, 15) is 9.59 Å². The highest BCUT2D eigenvalue weighted by Crippen LogP contribution is 2.27. The van der Waals surface area contributed by atoms with Crippen LogP contribution in [0.4, 0.5) is 5.69 Å². The Morgan fingerprint density at radius 3 is 2.26 bits per heavy atom. The first kappa shape index (κ1) is 19.8. The summed E-state index contributed by atoms with van der Waals surface area (Å²) in [6, 6.07) is 12.0. The average molecular weight is 371 g/mol. The van der Waals surface area contributed by atoms with Crippen molar-refractivity contribution in [1.82, 2.24) is 0 Å². The monoisotopic (exact) mass is 371 g/mol. The van der Waals surface area contributed by atoms with Gasteiger partial charge in [-0.05, 0) is 48.0 Å². The number of carbonyl (C=O) groups is 2. The molecule has 0 saturated carbocycles. The maximum atomic E-state index is 11.8. The van der Waals surface area contributed by atoms with Gasteiger partial charge in [-0.2, -0.15) is 0 Å². The van der Waals surface area contributed by atoms with Crippen LogP contribution in [-0.2, 0) is 14.3 Å². The van der Waals surface area contributed by atoms with Crippen LogP contribution in [0.1, 0.15) is 5.56 Å². The second-order valence-electron chi connectivity index (χ2n) is 5.33. The lowest BCUT2D eigenvalue weighted by molar-refractivity contribution is -0.142. The van der Waals surface area contributed by atoms with Crippen molar-refractivity contribution in [2.45, 2.75) is 0 Å². The molecule has 27 heavy (non-hydrogen) atoms. The zero-order chi connectivity index (χ0) is 19.6. The molecule has 0 unspecified atom stereocenters. The van der Waals surface area contributed by atoms with Crippen molar-refractivity contribution in [3.63, 3.8) is 0 Å². The third kappa shape index (κ3) is 6.07. The maximum absolute atomic E-state index is 11.8. The number of anilines is 1. The first-order chi connectivity index (χ1) is 13.0. The highest BCUT2D eigenvalue weighted by atomic mass is 16.5. The Kier molecular flexibility index (Phi) is 7.25. The molecule has 7 nitrogen and oxygen atoms in total. The minimum atomic E-state index is -0.630. The molecule has 2 aromatic carbocycles. The number of rotatable bonds is 8. The van der Waals surface area contributed by atoms with Gasteiger partial charge >= 0.3 is 5.97 Å². The van der Waals surface area contributed by atoms with Crippen LogP contribution in [0, 0.1) is 0 Å². The van der Waals surface area contributed by atoms with E-state index in [-0.39, 0.29) is 6.61 Å². The Bertz CT molecular complexity index is 814. The first-order valence-corrected chi connectivity index (χ1v) is 8.06. The molecular formula is C20H21NO6. The highest BCUT2D eigenvalue weighted by molar-refractivity contribution is 5.94. The molecule has 0 spiro atoms. The summed E-state index contributed by atoms with van der Waals surface area (Å²) < 4.78 is 20.3. The lowest BCUT2D eigenvalue weighted by atomic mass is 10.2. The molecule has 0 fully saturated rings. The molecule has 142 valence electrons. The molecule has 1 amide bonds. The summed E-state index contributed by atoms with van der Waals surface area (Å²) in [7, 11) is 4.63. The molecule has 0 aliphatic rings. The third-order valence-corrected chi connectivity index (χ3v) is 3.54. The van der Waals surface area contributed by atoms with Gasteiger partial charge in [-0.1, -0.05) is 6.07 Å². The number of carbonyl (C=O) groups excluding carboxylic acids is 2. The van der Waals surface area contributed by atoms with E-state index in [2.05, 4.69) is 5.32 Å². The Labute approximate surface area is 157 Å². The fourth-order valence-corrected chi connectivity index (χ4v) is 2.18. The smallest absolute Gasteiger partial charge is 0.331 e. The van der Waals surface area contributed by atoms with E-state index in [4.69, 9.17) is 18.9 Å². The summed E-state index contributed by atoms with van der Waals surface area (Å²) in [5.41, 5.74) is 1.31. The van der Waals surface area contributed by atoms with Crippen LogP contribution in [0.15, 0.2) is 48.5 Å². The van der Waals surface area contributed by atoms with Gasteiger partial charge in [-0.15, -0.1) is 0 Å². The topological polar surface area (TPSA) is 83.1 Å². The Morgan fingerprint density at radius 2 is 1.63 bits per heavy atom. The van der Waals surface area contributed by atoms with Crippen LogP contribution >= 0.6 is 0 Å². The molecule has 0 radical (unpaired) electrons. The molecule has 0 saturated heterocycles. The zero-order valence-electron chi connectivity index (χ0n) is 15.4. The van der Waals surface area contributed by atoms with Crippen molar-refractivity contribution in [2.24, 2.45) is 0 Å². The molecule has 0 aliphatic carbocycles. The number of hydrogen-bond donors (Lipinski definition) is 1. The summed E-state index contributed by atoms with van der Waals surface area (Å²) in [5, 5.41) is 2.62. The van der Waals surface area contributed by atoms with Gasteiger partial charge in [-0.25, -0.2) is 4.79 Å². The Balaban J connectivity index is 1.84. The average Bonchev–Trinajstić information content (AvgIpc) is 2.71. The number of hydrogen-bond acceptors (Lipinski definition) is 6. The number of ether oxygens (including phenoxy) is 4. The molecule has 7 heteroatoms. The van der Waals surface area contributed by atoms with Crippen LogP contribution in [0.25, 0.3) is 6.08 Å². The van der Waals surface area contributed by atoms with E-state index in [1.807, 2.05) is 0 Å². The van der Waals surface area contributed by atoms with Crippen molar-refractivity contribution < 1.29 is 28.5 Å². The number of methoxy groups -OCH3 is 3. The summed E-state index contributed by atoms with van der Waals surface area (Å²) in [4.78, 5) is 23.6. The fourth-order valence-electron chi connectivity index (χ4n) is 2.18. The minimum Gasteiger partial charge on any atom is -0.497 e. The normalized spacial score (nSPS) is 10.3. The van der Waals surface area contributed by atoms with Gasteiger partial charge in [0.1, 0.15) is 5.75 Å². The molecule has 0 aromatic heterocycles. The Hall–Kier alpha value is -3.48. The molecule has 0 heterocycles. The van der Waals surface area contributed by atoms with Gasteiger partial charge in [0, 0.05) is 11.8 Å². The number of esters is 1. The van der Waals surface area contributed by atoms with Gasteiger partial charge in [0.15, 0.2) is 18.1 Å². The lowest BCUT2D eigenvalue weighted by Crippen LogP contribution is -2.20. The molecule has 0 bridgehead atoms. The minimum absolute atomic E-state index is 0.388. The quantitative estimate of drug-likeness (QED) is 0.567. The van der Waals surface area contributed by atoms with Gasteiger partial charge in [0.25, 0.3) is 5.91 Å². The van der Waals surface area contributed by atoms with E-state index in [1.165, 1.54) is 13.2 Å². The van der Waals surface area contributed by atoms with Crippen molar-refractivity contribution in [3.05, 3.63) is 54.1 Å². The number of benzene rings is 2. The van der Waals surface area contributed by atoms with Crippen LogP contribution in [0.3, 0.4) is 0 Å². The van der Waals surface area contributed by atoms with Crippen LogP contribution in [0.2, 0.25) is 0 Å². The van der Waals surface area contributed by atoms with Crippen LogP contribution in [-0.4, -0.2) is 39.8 Å². The Morgan fingerprint density at radius 1 is 0.926 bits per heavy atom. The molecule has 0 atom stereocenters. The number of nitrogens with one attached hydrogen (secondary N) is 1. The highest BCUT2D eigenvalue weighted by Gasteiger charge is 2.07. The summed E-state index contributed by atoms with van der Waals surface area (Å²) in [6.45, 7) is -0.388. The summed E-state index contributed by atoms with van der Waals surface area (Å²) in [6.07, 6.45) is 2.80. The van der Waals surface area contributed by atoms with Crippen molar-refractivity contribution in [1.29, 1.82) is 0 Å². The van der Waals surface area contributed by atoms with Crippen molar-refractivity contribution >= 4 is 23.6 Å². The van der Waals surface area contributed by atoms with E-state index in [0.717, 1.165) is 5.56 Å². The predicted molar refractivity (Wildman–Crippen MR) is 101 cm³/mol. The fraction of sp³-hybridized carbons (Fsp3) is 0.200. The van der Waals surface area contributed by atoms with E-state index in [0.29, 0.717) is 22.9 Å². The zero-order valence-corrected chi connectivity index (χ0v) is 15.4. The van der Waals surface area contributed by atoms with Crippen LogP contribution in [0.5, 0.6) is 17.2 Å².